The third-order valence-corrected chi connectivity index (χ3v) is 14.5. The minimum absolute atomic E-state index is 0.0567. The average Bonchev–Trinajstić information content (AvgIpc) is 3.52. The van der Waals surface area contributed by atoms with Gasteiger partial charge in [-0.25, -0.2) is 4.79 Å². The zero-order valence-electron chi connectivity index (χ0n) is 51.3. The number of unbranched alkanes of at least 4 members (excludes halogenated alkanes) is 27. The molecule has 464 valence electrons. The van der Waals surface area contributed by atoms with Gasteiger partial charge in [0.25, 0.3) is 0 Å². The highest BCUT2D eigenvalue weighted by atomic mass is 16.7. The molecule has 0 amide bonds. The van der Waals surface area contributed by atoms with Crippen LogP contribution in [0.4, 0.5) is 0 Å². The van der Waals surface area contributed by atoms with E-state index >= 15 is 0 Å². The van der Waals surface area contributed by atoms with Crippen LogP contribution in [0.25, 0.3) is 0 Å². The molecule has 0 spiro atoms. The highest BCUT2D eigenvalue weighted by Crippen LogP contribution is 2.27. The summed E-state index contributed by atoms with van der Waals surface area (Å²) >= 11 is 0. The van der Waals surface area contributed by atoms with Crippen LogP contribution < -0.4 is 0 Å². The van der Waals surface area contributed by atoms with E-state index in [0.29, 0.717) is 19.3 Å². The monoisotopic (exact) mass is 1140 g/mol. The standard InChI is InChI=1S/C69H116O12/c1-4-7-10-13-16-19-22-25-28-30-31-33-35-37-40-43-46-49-52-55-61(70)77-58-60(79-62(71)56-53-50-47-44-41-39-36-32-29-26-23-20-17-14-11-8-5-2)59-78-69-67(65(74)64(73)66(81-69)68(75)76)80-63(72)57-54-51-48-45-42-38-34-27-24-21-18-15-12-9-6-3/h8,11,16-17,19-20,25-26,28-29,31,33,36,39,60,64-67,69,73-74H,4-7,9-10,12-15,18,21-24,27,30,32,34-35,37-38,40-59H2,1-3H3,(H,75,76)/b11-8-,19-16-,20-17-,28-25-,29-26-,33-31-,39-36-. The predicted octanol–water partition coefficient (Wildman–Crippen LogP) is 17.5. The molecule has 6 unspecified atom stereocenters. The second kappa shape index (κ2) is 56.4. The molecule has 1 aliphatic heterocycles. The van der Waals surface area contributed by atoms with Crippen molar-refractivity contribution >= 4 is 23.9 Å². The Bertz CT molecular complexity index is 1730. The van der Waals surface area contributed by atoms with Gasteiger partial charge in [-0.2, -0.15) is 0 Å². The molecule has 0 aromatic rings. The van der Waals surface area contributed by atoms with Crippen LogP contribution in [0.2, 0.25) is 0 Å². The molecule has 1 saturated heterocycles. The van der Waals surface area contributed by atoms with Gasteiger partial charge >= 0.3 is 23.9 Å². The molecule has 1 rings (SSSR count). The lowest BCUT2D eigenvalue weighted by atomic mass is 9.98. The summed E-state index contributed by atoms with van der Waals surface area (Å²) in [7, 11) is 0. The van der Waals surface area contributed by atoms with Crippen LogP contribution in [0.1, 0.15) is 278 Å². The Balaban J connectivity index is 2.69. The van der Waals surface area contributed by atoms with Crippen LogP contribution in [-0.2, 0) is 42.9 Å². The Morgan fingerprint density at radius 2 is 0.778 bits per heavy atom. The molecule has 12 nitrogen and oxygen atoms in total. The second-order valence-electron chi connectivity index (χ2n) is 22.0. The number of allylic oxidation sites excluding steroid dienone is 14. The Hall–Kier alpha value is -4.10. The molecule has 81 heavy (non-hydrogen) atoms. The van der Waals surface area contributed by atoms with E-state index in [1.807, 2.05) is 0 Å². The number of ether oxygens (including phenoxy) is 5. The van der Waals surface area contributed by atoms with Crippen molar-refractivity contribution in [1.29, 1.82) is 0 Å². The maximum absolute atomic E-state index is 13.2. The summed E-state index contributed by atoms with van der Waals surface area (Å²) in [6.45, 7) is 5.85. The minimum Gasteiger partial charge on any atom is -0.479 e. The van der Waals surface area contributed by atoms with Gasteiger partial charge in [0, 0.05) is 19.3 Å². The van der Waals surface area contributed by atoms with Crippen molar-refractivity contribution in [2.24, 2.45) is 0 Å². The molecule has 1 heterocycles. The molecule has 0 radical (unpaired) electrons. The Morgan fingerprint density at radius 1 is 0.420 bits per heavy atom. The van der Waals surface area contributed by atoms with Gasteiger partial charge in [0.1, 0.15) is 18.8 Å². The fourth-order valence-electron chi connectivity index (χ4n) is 9.48. The largest absolute Gasteiger partial charge is 0.479 e. The van der Waals surface area contributed by atoms with Crippen molar-refractivity contribution in [3.63, 3.8) is 0 Å². The molecule has 12 heteroatoms. The van der Waals surface area contributed by atoms with E-state index < -0.39 is 67.3 Å². The number of rotatable bonds is 55. The Labute approximate surface area is 492 Å². The summed E-state index contributed by atoms with van der Waals surface area (Å²) in [4.78, 5) is 51.3. The number of carboxylic acid groups (broad SMARTS) is 1. The van der Waals surface area contributed by atoms with Gasteiger partial charge in [-0.1, -0.05) is 247 Å². The summed E-state index contributed by atoms with van der Waals surface area (Å²) in [5.41, 5.74) is 0. The lowest BCUT2D eigenvalue weighted by Gasteiger charge is -2.40. The van der Waals surface area contributed by atoms with Gasteiger partial charge in [-0.15, -0.1) is 0 Å². The van der Waals surface area contributed by atoms with Crippen LogP contribution in [-0.4, -0.2) is 89.2 Å². The molecule has 0 aromatic heterocycles. The zero-order chi connectivity index (χ0) is 58.9. The zero-order valence-corrected chi connectivity index (χ0v) is 51.3. The van der Waals surface area contributed by atoms with Crippen LogP contribution >= 0.6 is 0 Å². The number of hydrogen-bond donors (Lipinski definition) is 3. The van der Waals surface area contributed by atoms with E-state index in [1.165, 1.54) is 89.9 Å². The van der Waals surface area contributed by atoms with Gasteiger partial charge in [0.15, 0.2) is 24.6 Å². The molecule has 1 fully saturated rings. The molecule has 0 saturated carbocycles. The van der Waals surface area contributed by atoms with E-state index in [1.54, 1.807) is 0 Å². The lowest BCUT2D eigenvalue weighted by Crippen LogP contribution is -2.61. The van der Waals surface area contributed by atoms with Crippen molar-refractivity contribution in [3.05, 3.63) is 85.1 Å². The molecule has 0 bridgehead atoms. The maximum Gasteiger partial charge on any atom is 0.335 e. The minimum atomic E-state index is -1.91. The summed E-state index contributed by atoms with van der Waals surface area (Å²) in [6.07, 6.45) is 61.1. The summed E-state index contributed by atoms with van der Waals surface area (Å²) in [5, 5.41) is 31.6. The Kier molecular flexibility index (Phi) is 52.1. The molecular formula is C69H116O12. The quantitative estimate of drug-likeness (QED) is 0.0228. The molecule has 0 aromatic carbocycles. The number of carbonyl (C=O) groups excluding carboxylic acids is 3. The normalized spacial score (nSPS) is 18.3. The van der Waals surface area contributed by atoms with Crippen LogP contribution in [0.3, 0.4) is 0 Å². The third kappa shape index (κ3) is 46.0. The summed E-state index contributed by atoms with van der Waals surface area (Å²) in [5.74, 6) is -3.16. The molecular weight excluding hydrogens is 1020 g/mol. The fourth-order valence-corrected chi connectivity index (χ4v) is 9.48. The van der Waals surface area contributed by atoms with Crippen molar-refractivity contribution in [1.82, 2.24) is 0 Å². The van der Waals surface area contributed by atoms with Crippen molar-refractivity contribution < 1.29 is 58.2 Å². The molecule has 1 aliphatic rings. The summed E-state index contributed by atoms with van der Waals surface area (Å²) < 4.78 is 28.5. The smallest absolute Gasteiger partial charge is 0.335 e. The fraction of sp³-hybridized carbons (Fsp3) is 0.739. The van der Waals surface area contributed by atoms with Gasteiger partial charge < -0.3 is 39.0 Å². The van der Waals surface area contributed by atoms with Crippen LogP contribution in [0, 0.1) is 0 Å². The average molecular weight is 1140 g/mol. The predicted molar refractivity (Wildman–Crippen MR) is 331 cm³/mol. The summed E-state index contributed by atoms with van der Waals surface area (Å²) in [6, 6.07) is 0. The second-order valence-corrected chi connectivity index (χ2v) is 22.0. The number of carbonyl (C=O) groups is 4. The van der Waals surface area contributed by atoms with E-state index in [9.17, 15) is 34.5 Å². The first-order valence-corrected chi connectivity index (χ1v) is 32.6. The van der Waals surface area contributed by atoms with Crippen molar-refractivity contribution in [3.8, 4) is 0 Å². The topological polar surface area (TPSA) is 175 Å². The number of aliphatic hydroxyl groups is 2. The number of hydrogen-bond acceptors (Lipinski definition) is 11. The van der Waals surface area contributed by atoms with Gasteiger partial charge in [0.05, 0.1) is 6.61 Å². The number of esters is 3. The van der Waals surface area contributed by atoms with E-state index in [-0.39, 0.29) is 25.9 Å². The van der Waals surface area contributed by atoms with Crippen LogP contribution in [0.15, 0.2) is 85.1 Å². The molecule has 3 N–H and O–H groups in total. The number of aliphatic hydroxyl groups excluding tert-OH is 2. The van der Waals surface area contributed by atoms with Crippen molar-refractivity contribution in [2.75, 3.05) is 13.2 Å². The van der Waals surface area contributed by atoms with Gasteiger partial charge in [0.2, 0.25) is 0 Å². The van der Waals surface area contributed by atoms with Gasteiger partial charge in [-0.05, 0) is 96.3 Å². The number of carboxylic acids is 1. The highest BCUT2D eigenvalue weighted by molar-refractivity contribution is 5.74. The molecule has 6 atom stereocenters. The SMILES string of the molecule is CC/C=C\C/C=C\C/C=C\C/C=C\CCCCCCC(=O)OC(COC(=O)CCCCCCCC/C=C\C/C=C\C/C=C\CCCCC)COC1OC(C(=O)O)C(O)C(O)C1OC(=O)CCCCCCCCCCCCCCCCC. The van der Waals surface area contributed by atoms with Crippen LogP contribution in [0.5, 0.6) is 0 Å². The molecule has 0 aliphatic carbocycles. The first-order valence-electron chi connectivity index (χ1n) is 32.6. The number of aliphatic carboxylic acids is 1. The third-order valence-electron chi connectivity index (χ3n) is 14.5. The van der Waals surface area contributed by atoms with E-state index in [0.717, 1.165) is 128 Å². The van der Waals surface area contributed by atoms with E-state index in [4.69, 9.17) is 23.7 Å². The lowest BCUT2D eigenvalue weighted by molar-refractivity contribution is -0.301. The maximum atomic E-state index is 13.2. The van der Waals surface area contributed by atoms with E-state index in [2.05, 4.69) is 106 Å². The Morgan fingerprint density at radius 3 is 1.21 bits per heavy atom. The van der Waals surface area contributed by atoms with Gasteiger partial charge in [-0.3, -0.25) is 14.4 Å². The first-order chi connectivity index (χ1) is 39.6. The van der Waals surface area contributed by atoms with Crippen molar-refractivity contribution in [2.45, 2.75) is 314 Å². The first kappa shape index (κ1) is 74.9. The highest BCUT2D eigenvalue weighted by Gasteiger charge is 2.50.